The maximum atomic E-state index is 12.9. The second-order valence-corrected chi connectivity index (χ2v) is 9.35. The smallest absolute Gasteiger partial charge is 0.316 e. The van der Waals surface area contributed by atoms with Gasteiger partial charge in [-0.15, -0.1) is 0 Å². The van der Waals surface area contributed by atoms with Gasteiger partial charge in [-0.3, -0.25) is 19.2 Å². The number of carbonyl (C=O) groups excluding carboxylic acids is 4. The number of aryl methyl sites for hydroxylation is 1. The molecule has 0 spiro atoms. The molecule has 34 heavy (non-hydrogen) atoms. The van der Waals surface area contributed by atoms with Crippen LogP contribution in [0.4, 0.5) is 11.4 Å². The molecular weight excluding hydrogens is 432 g/mol. The van der Waals surface area contributed by atoms with Crippen LogP contribution >= 0.6 is 0 Å². The predicted molar refractivity (Wildman–Crippen MR) is 126 cm³/mol. The number of carbonyl (C=O) groups is 4. The van der Waals surface area contributed by atoms with Crippen molar-refractivity contribution in [1.29, 1.82) is 0 Å². The number of amides is 3. The Kier molecular flexibility index (Phi) is 5.94. The fourth-order valence-corrected chi connectivity index (χ4v) is 5.33. The lowest BCUT2D eigenvalue weighted by Crippen LogP contribution is -2.31. The van der Waals surface area contributed by atoms with E-state index in [-0.39, 0.29) is 48.3 Å². The van der Waals surface area contributed by atoms with E-state index in [0.717, 1.165) is 37.8 Å². The van der Waals surface area contributed by atoms with Crippen molar-refractivity contribution >= 4 is 35.1 Å². The molecule has 3 fully saturated rings. The summed E-state index contributed by atoms with van der Waals surface area (Å²) in [5.41, 5.74) is 2.38. The van der Waals surface area contributed by atoms with Crippen LogP contribution in [0, 0.1) is 17.8 Å². The number of hydrogen-bond donors (Lipinski definition) is 0. The van der Waals surface area contributed by atoms with Gasteiger partial charge in [-0.05, 0) is 49.1 Å². The van der Waals surface area contributed by atoms with E-state index in [1.165, 1.54) is 10.5 Å². The average Bonchev–Trinajstić information content (AvgIpc) is 3.37. The van der Waals surface area contributed by atoms with Crippen LogP contribution in [0.1, 0.15) is 44.6 Å². The second-order valence-electron chi connectivity index (χ2n) is 9.35. The Morgan fingerprint density at radius 3 is 2.26 bits per heavy atom. The fourth-order valence-electron chi connectivity index (χ4n) is 5.33. The number of rotatable bonds is 5. The fraction of sp³-hybridized carbons (Fsp3) is 0.407. The van der Waals surface area contributed by atoms with E-state index < -0.39 is 11.9 Å². The average molecular weight is 461 g/mol. The topological polar surface area (TPSA) is 84.0 Å². The quantitative estimate of drug-likeness (QED) is 0.384. The number of nitrogens with zero attached hydrogens (tertiary/aromatic N) is 2. The summed E-state index contributed by atoms with van der Waals surface area (Å²) in [4.78, 5) is 54.1. The van der Waals surface area contributed by atoms with Gasteiger partial charge in [0.25, 0.3) is 0 Å². The maximum Gasteiger partial charge on any atom is 0.316 e. The molecular formula is C27H28N2O5. The van der Waals surface area contributed by atoms with Crippen molar-refractivity contribution in [3.63, 3.8) is 0 Å². The third-order valence-corrected chi connectivity index (χ3v) is 7.25. The molecule has 2 aromatic rings. The van der Waals surface area contributed by atoms with Gasteiger partial charge < -0.3 is 9.64 Å². The van der Waals surface area contributed by atoms with Crippen LogP contribution in [0.5, 0.6) is 5.75 Å². The van der Waals surface area contributed by atoms with E-state index in [4.69, 9.17) is 4.74 Å². The summed E-state index contributed by atoms with van der Waals surface area (Å²) in [6.07, 6.45) is 4.41. The third-order valence-electron chi connectivity index (χ3n) is 7.25. The summed E-state index contributed by atoms with van der Waals surface area (Å²) >= 11 is 0. The van der Waals surface area contributed by atoms with Crippen LogP contribution in [-0.4, -0.2) is 30.2 Å². The molecule has 5 rings (SSSR count). The summed E-state index contributed by atoms with van der Waals surface area (Å²) in [5.74, 6) is -1.74. The minimum Gasteiger partial charge on any atom is -0.426 e. The van der Waals surface area contributed by atoms with Gasteiger partial charge in [0.05, 0.1) is 23.4 Å². The minimum atomic E-state index is -0.583. The summed E-state index contributed by atoms with van der Waals surface area (Å²) in [6, 6.07) is 14.3. The molecule has 2 saturated heterocycles. The Labute approximate surface area is 198 Å². The summed E-state index contributed by atoms with van der Waals surface area (Å²) in [6.45, 7) is 2.33. The normalized spacial score (nSPS) is 24.5. The molecule has 7 nitrogen and oxygen atoms in total. The lowest BCUT2D eigenvalue weighted by molar-refractivity contribution is -0.139. The molecule has 0 aromatic heterocycles. The van der Waals surface area contributed by atoms with Gasteiger partial charge in [0, 0.05) is 24.7 Å². The number of fused-ring (bicyclic) bond motifs is 1. The Balaban J connectivity index is 1.27. The number of esters is 1. The van der Waals surface area contributed by atoms with Crippen LogP contribution in [-0.2, 0) is 25.6 Å². The zero-order valence-electron chi connectivity index (χ0n) is 19.2. The van der Waals surface area contributed by atoms with Crippen LogP contribution < -0.4 is 14.5 Å². The third kappa shape index (κ3) is 4.00. The highest BCUT2D eigenvalue weighted by Crippen LogP contribution is 2.40. The van der Waals surface area contributed by atoms with Gasteiger partial charge in [0.1, 0.15) is 5.75 Å². The molecule has 3 aliphatic rings. The number of hydrogen-bond acceptors (Lipinski definition) is 5. The SMILES string of the molecule is CCc1ccc(N2C[C@H](C(=O)Oc3cccc(N4C(=O)[C@@H]5CCCC[C@H]5C4=O)c3)CC2=O)cc1. The lowest BCUT2D eigenvalue weighted by Gasteiger charge is -2.19. The van der Waals surface area contributed by atoms with Gasteiger partial charge in [0.15, 0.2) is 0 Å². The van der Waals surface area contributed by atoms with Crippen molar-refractivity contribution in [2.24, 2.45) is 17.8 Å². The van der Waals surface area contributed by atoms with E-state index in [1.807, 2.05) is 24.3 Å². The molecule has 1 aliphatic carbocycles. The zero-order chi connectivity index (χ0) is 23.8. The number of anilines is 2. The largest absolute Gasteiger partial charge is 0.426 e. The standard InChI is InChI=1S/C27H28N2O5/c1-2-17-10-12-19(13-11-17)28-16-18(14-24(28)30)27(33)34-21-7-5-6-20(15-21)29-25(31)22-8-3-4-9-23(22)26(29)32/h5-7,10-13,15,18,22-23H,2-4,8-9,14,16H2,1H3/t18-,22-,23-/m1/s1. The van der Waals surface area contributed by atoms with Crippen molar-refractivity contribution in [1.82, 2.24) is 0 Å². The number of ether oxygens (including phenoxy) is 1. The summed E-state index contributed by atoms with van der Waals surface area (Å²) in [7, 11) is 0. The van der Waals surface area contributed by atoms with Crippen LogP contribution in [0.2, 0.25) is 0 Å². The molecule has 2 aromatic carbocycles. The molecule has 2 aliphatic heterocycles. The number of imide groups is 1. The first-order valence-corrected chi connectivity index (χ1v) is 12.0. The van der Waals surface area contributed by atoms with E-state index in [1.54, 1.807) is 29.2 Å². The Hall–Kier alpha value is -3.48. The Bertz CT molecular complexity index is 1120. The molecule has 7 heteroatoms. The van der Waals surface area contributed by atoms with Crippen LogP contribution in [0.25, 0.3) is 0 Å². The zero-order valence-corrected chi connectivity index (χ0v) is 19.2. The first kappa shape index (κ1) is 22.3. The van der Waals surface area contributed by atoms with Crippen LogP contribution in [0.15, 0.2) is 48.5 Å². The monoisotopic (exact) mass is 460 g/mol. The van der Waals surface area contributed by atoms with Crippen molar-refractivity contribution < 1.29 is 23.9 Å². The van der Waals surface area contributed by atoms with Crippen molar-refractivity contribution in [2.75, 3.05) is 16.3 Å². The Morgan fingerprint density at radius 2 is 1.62 bits per heavy atom. The first-order chi connectivity index (χ1) is 16.5. The van der Waals surface area contributed by atoms with Gasteiger partial charge in [0.2, 0.25) is 17.7 Å². The maximum absolute atomic E-state index is 12.9. The molecule has 3 amide bonds. The molecule has 0 unspecified atom stereocenters. The van der Waals surface area contributed by atoms with Gasteiger partial charge >= 0.3 is 5.97 Å². The highest BCUT2D eigenvalue weighted by molar-refractivity contribution is 6.22. The molecule has 176 valence electrons. The van der Waals surface area contributed by atoms with E-state index in [0.29, 0.717) is 5.69 Å². The van der Waals surface area contributed by atoms with E-state index in [9.17, 15) is 19.2 Å². The first-order valence-electron chi connectivity index (χ1n) is 12.0. The lowest BCUT2D eigenvalue weighted by atomic mass is 9.81. The molecule has 1 saturated carbocycles. The predicted octanol–water partition coefficient (Wildman–Crippen LogP) is 3.89. The second kappa shape index (κ2) is 9.05. The van der Waals surface area contributed by atoms with Gasteiger partial charge in [-0.25, -0.2) is 4.90 Å². The summed E-state index contributed by atoms with van der Waals surface area (Å²) < 4.78 is 5.59. The molecule has 0 N–H and O–H groups in total. The molecule has 0 radical (unpaired) electrons. The van der Waals surface area contributed by atoms with E-state index >= 15 is 0 Å². The minimum absolute atomic E-state index is 0.0838. The summed E-state index contributed by atoms with van der Waals surface area (Å²) in [5, 5.41) is 0. The Morgan fingerprint density at radius 1 is 0.941 bits per heavy atom. The highest BCUT2D eigenvalue weighted by atomic mass is 16.5. The van der Waals surface area contributed by atoms with Crippen molar-refractivity contribution in [2.45, 2.75) is 45.4 Å². The van der Waals surface area contributed by atoms with E-state index in [2.05, 4.69) is 6.92 Å². The molecule has 2 heterocycles. The highest BCUT2D eigenvalue weighted by Gasteiger charge is 2.48. The van der Waals surface area contributed by atoms with Crippen molar-refractivity contribution in [3.8, 4) is 5.75 Å². The van der Waals surface area contributed by atoms with Crippen molar-refractivity contribution in [3.05, 3.63) is 54.1 Å². The van der Waals surface area contributed by atoms with Gasteiger partial charge in [-0.1, -0.05) is 38.0 Å². The van der Waals surface area contributed by atoms with Gasteiger partial charge in [-0.2, -0.15) is 0 Å². The molecule has 0 bridgehead atoms. The number of benzene rings is 2. The molecule has 3 atom stereocenters. The van der Waals surface area contributed by atoms with Crippen LogP contribution in [0.3, 0.4) is 0 Å².